The van der Waals surface area contributed by atoms with Gasteiger partial charge in [0.1, 0.15) is 11.9 Å². The second-order valence-electron chi connectivity index (χ2n) is 5.69. The van der Waals surface area contributed by atoms with Crippen molar-refractivity contribution in [1.29, 1.82) is 0 Å². The van der Waals surface area contributed by atoms with Crippen molar-refractivity contribution in [3.8, 4) is 5.75 Å². The van der Waals surface area contributed by atoms with E-state index in [2.05, 4.69) is 22.9 Å². The van der Waals surface area contributed by atoms with E-state index < -0.39 is 0 Å². The molecule has 112 valence electrons. The van der Waals surface area contributed by atoms with Gasteiger partial charge in [-0.3, -0.25) is 0 Å². The fourth-order valence-corrected chi connectivity index (χ4v) is 3.87. The zero-order chi connectivity index (χ0) is 14.5. The minimum absolute atomic E-state index is 0.225. The minimum atomic E-state index is 0.225. The quantitative estimate of drug-likeness (QED) is 0.799. The highest BCUT2D eigenvalue weighted by molar-refractivity contribution is 9.10. The van der Waals surface area contributed by atoms with Gasteiger partial charge in [-0.25, -0.2) is 0 Å². The van der Waals surface area contributed by atoms with Crippen molar-refractivity contribution in [2.45, 2.75) is 45.1 Å². The van der Waals surface area contributed by atoms with Crippen LogP contribution in [0.15, 0.2) is 22.7 Å². The molecule has 0 saturated heterocycles. The van der Waals surface area contributed by atoms with E-state index in [-0.39, 0.29) is 6.10 Å². The molecule has 0 bridgehead atoms. The predicted octanol–water partition coefficient (Wildman–Crippen LogP) is 5.03. The highest BCUT2D eigenvalue weighted by atomic mass is 79.9. The van der Waals surface area contributed by atoms with E-state index in [1.165, 1.54) is 25.7 Å². The van der Waals surface area contributed by atoms with Crippen LogP contribution in [0.3, 0.4) is 0 Å². The van der Waals surface area contributed by atoms with Gasteiger partial charge in [-0.05, 0) is 65.9 Å². The van der Waals surface area contributed by atoms with Crippen LogP contribution in [0.25, 0.3) is 0 Å². The van der Waals surface area contributed by atoms with Crippen LogP contribution < -0.4 is 10.5 Å². The Morgan fingerprint density at radius 2 is 2.20 bits per heavy atom. The Bertz CT molecular complexity index is 440. The number of rotatable bonds is 5. The average molecular weight is 361 g/mol. The lowest BCUT2D eigenvalue weighted by Crippen LogP contribution is -2.38. The van der Waals surface area contributed by atoms with E-state index in [4.69, 9.17) is 22.1 Å². The van der Waals surface area contributed by atoms with Crippen molar-refractivity contribution < 1.29 is 4.74 Å². The Balaban J connectivity index is 2.07. The van der Waals surface area contributed by atoms with Gasteiger partial charge in [-0.1, -0.05) is 31.4 Å². The standard InChI is InChI=1S/C16H23BrClNO/c1-2-3-11-4-5-12(10-19)16(8-11)20-15-7-6-13(18)9-14(15)17/h6-7,9,11-12,16H,2-5,8,10,19H2,1H3. The maximum Gasteiger partial charge on any atom is 0.134 e. The molecule has 1 aliphatic rings. The SMILES string of the molecule is CCCC1CCC(CN)C(Oc2ccc(Cl)cc2Br)C1. The fourth-order valence-electron chi connectivity index (χ4n) is 3.09. The van der Waals surface area contributed by atoms with Gasteiger partial charge in [0.05, 0.1) is 4.47 Å². The van der Waals surface area contributed by atoms with Gasteiger partial charge < -0.3 is 10.5 Å². The molecule has 1 aromatic rings. The molecule has 2 nitrogen and oxygen atoms in total. The molecular weight excluding hydrogens is 338 g/mol. The zero-order valence-electron chi connectivity index (χ0n) is 11.9. The molecule has 0 spiro atoms. The Hall–Kier alpha value is -0.250. The largest absolute Gasteiger partial charge is 0.489 e. The Labute approximate surface area is 135 Å². The molecule has 0 heterocycles. The molecule has 0 radical (unpaired) electrons. The number of ether oxygens (including phenoxy) is 1. The van der Waals surface area contributed by atoms with Crippen molar-refractivity contribution in [1.82, 2.24) is 0 Å². The van der Waals surface area contributed by atoms with E-state index in [1.807, 2.05) is 18.2 Å². The van der Waals surface area contributed by atoms with Gasteiger partial charge in [0, 0.05) is 10.9 Å². The second-order valence-corrected chi connectivity index (χ2v) is 6.99. The number of nitrogens with two attached hydrogens (primary N) is 1. The first kappa shape index (κ1) is 16.1. The number of benzene rings is 1. The third kappa shape index (κ3) is 4.12. The third-order valence-corrected chi connectivity index (χ3v) is 5.06. The molecule has 1 saturated carbocycles. The molecule has 3 unspecified atom stereocenters. The van der Waals surface area contributed by atoms with Crippen LogP contribution in [0.1, 0.15) is 39.0 Å². The lowest BCUT2D eigenvalue weighted by atomic mass is 9.78. The topological polar surface area (TPSA) is 35.2 Å². The fraction of sp³-hybridized carbons (Fsp3) is 0.625. The van der Waals surface area contributed by atoms with Crippen molar-refractivity contribution in [3.05, 3.63) is 27.7 Å². The highest BCUT2D eigenvalue weighted by Crippen LogP contribution is 2.36. The normalized spacial score (nSPS) is 26.5. The molecule has 20 heavy (non-hydrogen) atoms. The molecule has 0 aromatic heterocycles. The summed E-state index contributed by atoms with van der Waals surface area (Å²) >= 11 is 9.50. The summed E-state index contributed by atoms with van der Waals surface area (Å²) in [5.74, 6) is 2.11. The van der Waals surface area contributed by atoms with Crippen LogP contribution in [0.5, 0.6) is 5.75 Å². The smallest absolute Gasteiger partial charge is 0.134 e. The molecule has 2 N–H and O–H groups in total. The molecule has 0 amide bonds. The van der Waals surface area contributed by atoms with Crippen molar-refractivity contribution >= 4 is 27.5 Å². The van der Waals surface area contributed by atoms with Crippen molar-refractivity contribution in [2.75, 3.05) is 6.54 Å². The van der Waals surface area contributed by atoms with E-state index in [0.717, 1.165) is 22.6 Å². The zero-order valence-corrected chi connectivity index (χ0v) is 14.3. The summed E-state index contributed by atoms with van der Waals surface area (Å²) in [6, 6.07) is 5.68. The summed E-state index contributed by atoms with van der Waals surface area (Å²) in [6.07, 6.45) is 6.34. The maximum atomic E-state index is 6.24. The summed E-state index contributed by atoms with van der Waals surface area (Å²) < 4.78 is 7.15. The Morgan fingerprint density at radius 3 is 2.85 bits per heavy atom. The van der Waals surface area contributed by atoms with Gasteiger partial charge in [0.25, 0.3) is 0 Å². The number of hydrogen-bond donors (Lipinski definition) is 1. The van der Waals surface area contributed by atoms with Crippen molar-refractivity contribution in [3.63, 3.8) is 0 Å². The van der Waals surface area contributed by atoms with E-state index in [9.17, 15) is 0 Å². The second kappa shape index (κ2) is 7.67. The molecule has 1 aromatic carbocycles. The van der Waals surface area contributed by atoms with Gasteiger partial charge in [0.2, 0.25) is 0 Å². The van der Waals surface area contributed by atoms with Crippen LogP contribution in [0.4, 0.5) is 0 Å². The summed E-state index contributed by atoms with van der Waals surface area (Å²) in [5.41, 5.74) is 5.92. The summed E-state index contributed by atoms with van der Waals surface area (Å²) in [4.78, 5) is 0. The molecule has 0 aliphatic heterocycles. The van der Waals surface area contributed by atoms with Crippen LogP contribution in [-0.2, 0) is 0 Å². The van der Waals surface area contributed by atoms with Crippen LogP contribution in [0.2, 0.25) is 5.02 Å². The van der Waals surface area contributed by atoms with E-state index in [0.29, 0.717) is 17.5 Å². The lowest BCUT2D eigenvalue weighted by molar-refractivity contribution is 0.0663. The summed E-state index contributed by atoms with van der Waals surface area (Å²) in [5, 5.41) is 0.715. The number of hydrogen-bond acceptors (Lipinski definition) is 2. The maximum absolute atomic E-state index is 6.24. The van der Waals surface area contributed by atoms with Crippen LogP contribution in [0, 0.1) is 11.8 Å². The van der Waals surface area contributed by atoms with Crippen LogP contribution in [-0.4, -0.2) is 12.6 Å². The molecule has 2 rings (SSSR count). The van der Waals surface area contributed by atoms with Crippen molar-refractivity contribution in [2.24, 2.45) is 17.6 Å². The highest BCUT2D eigenvalue weighted by Gasteiger charge is 2.31. The molecule has 4 heteroatoms. The van der Waals surface area contributed by atoms with Gasteiger partial charge in [-0.15, -0.1) is 0 Å². The Morgan fingerprint density at radius 1 is 1.40 bits per heavy atom. The first-order chi connectivity index (χ1) is 9.63. The Kier molecular flexibility index (Phi) is 6.19. The monoisotopic (exact) mass is 359 g/mol. The summed E-state index contributed by atoms with van der Waals surface area (Å²) in [6.45, 7) is 2.95. The van der Waals surface area contributed by atoms with E-state index in [1.54, 1.807) is 0 Å². The molecular formula is C16H23BrClNO. The molecule has 3 atom stereocenters. The summed E-state index contributed by atoms with van der Waals surface area (Å²) in [7, 11) is 0. The van der Waals surface area contributed by atoms with Gasteiger partial charge in [-0.2, -0.15) is 0 Å². The van der Waals surface area contributed by atoms with Crippen LogP contribution >= 0.6 is 27.5 Å². The van der Waals surface area contributed by atoms with Gasteiger partial charge in [0.15, 0.2) is 0 Å². The first-order valence-electron chi connectivity index (χ1n) is 7.45. The minimum Gasteiger partial charge on any atom is -0.489 e. The third-order valence-electron chi connectivity index (χ3n) is 4.21. The molecule has 1 fully saturated rings. The first-order valence-corrected chi connectivity index (χ1v) is 8.62. The van der Waals surface area contributed by atoms with Gasteiger partial charge >= 0.3 is 0 Å². The molecule has 1 aliphatic carbocycles. The van der Waals surface area contributed by atoms with E-state index >= 15 is 0 Å². The average Bonchev–Trinajstić information content (AvgIpc) is 2.43. The lowest BCUT2D eigenvalue weighted by Gasteiger charge is -2.36. The predicted molar refractivity (Wildman–Crippen MR) is 88.4 cm³/mol. The number of halogens is 2.